The van der Waals surface area contributed by atoms with E-state index in [0.29, 0.717) is 29.9 Å². The van der Waals surface area contributed by atoms with E-state index in [9.17, 15) is 0 Å². The molecule has 7 heteroatoms. The first-order valence-electron chi connectivity index (χ1n) is 7.07. The third-order valence-electron chi connectivity index (χ3n) is 3.79. The van der Waals surface area contributed by atoms with E-state index in [4.69, 9.17) is 0 Å². The van der Waals surface area contributed by atoms with Crippen LogP contribution in [0.5, 0.6) is 0 Å². The van der Waals surface area contributed by atoms with Crippen molar-refractivity contribution in [2.45, 2.75) is 31.8 Å². The standard InChI is InChI=1S/C13H25N7/c1-9-8-10(6-7-20(9)5)15-12-16-11(14-2)17-13(18-12)19(3)4/h9-10H,6-8H2,1-5H3,(H2,14,15,16,17,18). The van der Waals surface area contributed by atoms with Crippen LogP contribution >= 0.6 is 0 Å². The average molecular weight is 279 g/mol. The first-order valence-corrected chi connectivity index (χ1v) is 7.07. The second-order valence-electron chi connectivity index (χ2n) is 5.62. The molecule has 0 amide bonds. The fourth-order valence-electron chi connectivity index (χ4n) is 2.34. The van der Waals surface area contributed by atoms with Crippen LogP contribution in [0.1, 0.15) is 19.8 Å². The lowest BCUT2D eigenvalue weighted by molar-refractivity contribution is 0.190. The molecule has 0 spiro atoms. The van der Waals surface area contributed by atoms with Crippen molar-refractivity contribution < 1.29 is 0 Å². The molecule has 2 rings (SSSR count). The smallest absolute Gasteiger partial charge is 0.231 e. The Kier molecular flexibility index (Phi) is 4.59. The van der Waals surface area contributed by atoms with Crippen molar-refractivity contribution in [1.82, 2.24) is 19.9 Å². The Labute approximate surface area is 120 Å². The van der Waals surface area contributed by atoms with Gasteiger partial charge in [-0.2, -0.15) is 15.0 Å². The van der Waals surface area contributed by atoms with Crippen molar-refractivity contribution >= 4 is 17.8 Å². The van der Waals surface area contributed by atoms with Gasteiger partial charge in [0.05, 0.1) is 0 Å². The quantitative estimate of drug-likeness (QED) is 0.847. The molecule has 2 unspecified atom stereocenters. The summed E-state index contributed by atoms with van der Waals surface area (Å²) in [6, 6.07) is 1.00. The summed E-state index contributed by atoms with van der Waals surface area (Å²) in [7, 11) is 7.84. The molecule has 1 aromatic rings. The molecule has 2 N–H and O–H groups in total. The summed E-state index contributed by atoms with van der Waals surface area (Å²) in [5.41, 5.74) is 0. The largest absolute Gasteiger partial charge is 0.357 e. The fourth-order valence-corrected chi connectivity index (χ4v) is 2.34. The van der Waals surface area contributed by atoms with Crippen molar-refractivity contribution in [1.29, 1.82) is 0 Å². The van der Waals surface area contributed by atoms with Crippen LogP contribution in [0.25, 0.3) is 0 Å². The van der Waals surface area contributed by atoms with Crippen molar-refractivity contribution in [2.75, 3.05) is 50.3 Å². The number of nitrogens with one attached hydrogen (secondary N) is 2. The van der Waals surface area contributed by atoms with E-state index in [1.54, 1.807) is 0 Å². The van der Waals surface area contributed by atoms with Gasteiger partial charge in [0.15, 0.2) is 0 Å². The predicted octanol–water partition coefficient (Wildman–Crippen LogP) is 0.874. The highest BCUT2D eigenvalue weighted by atomic mass is 15.3. The number of hydrogen-bond donors (Lipinski definition) is 2. The van der Waals surface area contributed by atoms with Gasteiger partial charge in [-0.1, -0.05) is 0 Å². The van der Waals surface area contributed by atoms with Gasteiger partial charge < -0.3 is 20.4 Å². The topological polar surface area (TPSA) is 69.2 Å². The number of aromatic nitrogens is 3. The number of likely N-dealkylation sites (tertiary alicyclic amines) is 1. The number of rotatable bonds is 4. The van der Waals surface area contributed by atoms with Gasteiger partial charge in [-0.25, -0.2) is 0 Å². The Morgan fingerprint density at radius 3 is 2.50 bits per heavy atom. The normalized spacial score (nSPS) is 23.4. The highest BCUT2D eigenvalue weighted by Crippen LogP contribution is 2.19. The maximum absolute atomic E-state index is 4.46. The van der Waals surface area contributed by atoms with Gasteiger partial charge in [0.1, 0.15) is 0 Å². The monoisotopic (exact) mass is 279 g/mol. The highest BCUT2D eigenvalue weighted by molar-refractivity contribution is 5.43. The predicted molar refractivity (Wildman–Crippen MR) is 82.4 cm³/mol. The van der Waals surface area contributed by atoms with Crippen LogP contribution in [-0.2, 0) is 0 Å². The molecule has 1 aliphatic heterocycles. The third-order valence-corrected chi connectivity index (χ3v) is 3.79. The van der Waals surface area contributed by atoms with Crippen molar-refractivity contribution in [2.24, 2.45) is 0 Å². The summed E-state index contributed by atoms with van der Waals surface area (Å²) in [6.45, 7) is 3.36. The summed E-state index contributed by atoms with van der Waals surface area (Å²) in [5.74, 6) is 1.90. The minimum atomic E-state index is 0.420. The van der Waals surface area contributed by atoms with Gasteiger partial charge in [-0.3, -0.25) is 0 Å². The van der Waals surface area contributed by atoms with E-state index in [0.717, 1.165) is 19.4 Å². The molecule has 0 radical (unpaired) electrons. The Balaban J connectivity index is 2.10. The van der Waals surface area contributed by atoms with E-state index in [1.165, 1.54) is 0 Å². The Morgan fingerprint density at radius 1 is 1.20 bits per heavy atom. The highest BCUT2D eigenvalue weighted by Gasteiger charge is 2.23. The molecule has 1 saturated heterocycles. The Hall–Kier alpha value is -1.63. The molecule has 1 fully saturated rings. The van der Waals surface area contributed by atoms with E-state index in [-0.39, 0.29) is 0 Å². The van der Waals surface area contributed by atoms with Crippen LogP contribution in [-0.4, -0.2) is 66.7 Å². The summed E-state index contributed by atoms with van der Waals surface area (Å²) in [5, 5.41) is 6.42. The average Bonchev–Trinajstić information content (AvgIpc) is 2.42. The number of anilines is 3. The van der Waals surface area contributed by atoms with Crippen LogP contribution in [0.3, 0.4) is 0 Å². The SMILES string of the molecule is CNc1nc(NC2CCN(C)C(C)C2)nc(N(C)C)n1. The van der Waals surface area contributed by atoms with Gasteiger partial charge in [0, 0.05) is 39.8 Å². The molecule has 20 heavy (non-hydrogen) atoms. The van der Waals surface area contributed by atoms with E-state index in [1.807, 2.05) is 26.0 Å². The molecule has 112 valence electrons. The van der Waals surface area contributed by atoms with Crippen LogP contribution in [0.15, 0.2) is 0 Å². The molecule has 0 bridgehead atoms. The minimum Gasteiger partial charge on any atom is -0.357 e. The fraction of sp³-hybridized carbons (Fsp3) is 0.769. The maximum atomic E-state index is 4.46. The van der Waals surface area contributed by atoms with Gasteiger partial charge in [-0.05, 0) is 26.8 Å². The van der Waals surface area contributed by atoms with E-state index in [2.05, 4.69) is 44.5 Å². The molecular weight excluding hydrogens is 254 g/mol. The minimum absolute atomic E-state index is 0.420. The van der Waals surface area contributed by atoms with Gasteiger partial charge in [0.25, 0.3) is 0 Å². The Bertz CT molecular complexity index is 448. The lowest BCUT2D eigenvalue weighted by Crippen LogP contribution is -2.42. The zero-order valence-corrected chi connectivity index (χ0v) is 13.0. The zero-order chi connectivity index (χ0) is 14.7. The number of piperidine rings is 1. The number of nitrogens with zero attached hydrogens (tertiary/aromatic N) is 5. The van der Waals surface area contributed by atoms with Crippen molar-refractivity contribution in [3.63, 3.8) is 0 Å². The molecule has 0 saturated carbocycles. The van der Waals surface area contributed by atoms with Crippen LogP contribution in [0.4, 0.5) is 17.8 Å². The summed E-state index contributed by atoms with van der Waals surface area (Å²) < 4.78 is 0. The second-order valence-corrected chi connectivity index (χ2v) is 5.62. The summed E-state index contributed by atoms with van der Waals surface area (Å²) >= 11 is 0. The molecule has 1 aromatic heterocycles. The van der Waals surface area contributed by atoms with Crippen molar-refractivity contribution in [3.05, 3.63) is 0 Å². The molecule has 7 nitrogen and oxygen atoms in total. The van der Waals surface area contributed by atoms with Gasteiger partial charge >= 0.3 is 0 Å². The molecule has 0 aliphatic carbocycles. The third kappa shape index (κ3) is 3.47. The van der Waals surface area contributed by atoms with Gasteiger partial charge in [0.2, 0.25) is 17.8 Å². The van der Waals surface area contributed by atoms with Crippen LogP contribution < -0.4 is 15.5 Å². The van der Waals surface area contributed by atoms with Crippen molar-refractivity contribution in [3.8, 4) is 0 Å². The summed E-state index contributed by atoms with van der Waals surface area (Å²) in [4.78, 5) is 17.4. The second kappa shape index (κ2) is 6.21. The van der Waals surface area contributed by atoms with E-state index < -0.39 is 0 Å². The van der Waals surface area contributed by atoms with Crippen LogP contribution in [0.2, 0.25) is 0 Å². The first-order chi connectivity index (χ1) is 9.49. The molecule has 0 aromatic carbocycles. The Morgan fingerprint density at radius 2 is 1.90 bits per heavy atom. The lowest BCUT2D eigenvalue weighted by atomic mass is 9.99. The molecule has 1 aliphatic rings. The number of hydrogen-bond acceptors (Lipinski definition) is 7. The molecule has 2 atom stereocenters. The maximum Gasteiger partial charge on any atom is 0.231 e. The molecule has 2 heterocycles. The lowest BCUT2D eigenvalue weighted by Gasteiger charge is -2.35. The summed E-state index contributed by atoms with van der Waals surface area (Å²) in [6.07, 6.45) is 2.22. The van der Waals surface area contributed by atoms with Crippen LogP contribution in [0, 0.1) is 0 Å². The zero-order valence-electron chi connectivity index (χ0n) is 13.0. The van der Waals surface area contributed by atoms with Gasteiger partial charge in [-0.15, -0.1) is 0 Å². The molecular formula is C13H25N7. The first kappa shape index (κ1) is 14.8. The van der Waals surface area contributed by atoms with E-state index >= 15 is 0 Å².